The summed E-state index contributed by atoms with van der Waals surface area (Å²) in [6, 6.07) is 17.0. The number of carbonyl (C=O) groups is 2. The van der Waals surface area contributed by atoms with E-state index < -0.39 is 5.97 Å². The minimum absolute atomic E-state index is 0.0509. The first-order valence-corrected chi connectivity index (χ1v) is 8.41. The Kier molecular flexibility index (Phi) is 7.99. The Balaban J connectivity index is 1.58. The summed E-state index contributed by atoms with van der Waals surface area (Å²) in [6.45, 7) is 0.356. The van der Waals surface area contributed by atoms with Crippen LogP contribution in [0.3, 0.4) is 0 Å². The molecule has 0 aliphatic rings. The van der Waals surface area contributed by atoms with Crippen molar-refractivity contribution in [2.75, 3.05) is 26.9 Å². The molecule has 2 aromatic rings. The summed E-state index contributed by atoms with van der Waals surface area (Å²) in [5, 5.41) is 2.72. The van der Waals surface area contributed by atoms with E-state index in [2.05, 4.69) is 5.32 Å². The number of esters is 1. The van der Waals surface area contributed by atoms with E-state index in [0.717, 1.165) is 12.0 Å². The van der Waals surface area contributed by atoms with Gasteiger partial charge in [0.15, 0.2) is 18.1 Å². The van der Waals surface area contributed by atoms with Crippen molar-refractivity contribution in [3.63, 3.8) is 0 Å². The average Bonchev–Trinajstić information content (AvgIpc) is 2.67. The van der Waals surface area contributed by atoms with Gasteiger partial charge in [-0.15, -0.1) is 0 Å². The fourth-order valence-electron chi connectivity index (χ4n) is 2.24. The summed E-state index contributed by atoms with van der Waals surface area (Å²) in [4.78, 5) is 23.4. The second kappa shape index (κ2) is 10.8. The topological polar surface area (TPSA) is 73.9 Å². The predicted octanol–water partition coefficient (Wildman–Crippen LogP) is 2.37. The molecule has 2 aromatic carbocycles. The van der Waals surface area contributed by atoms with Gasteiger partial charge in [-0.1, -0.05) is 42.5 Å². The standard InChI is InChI=1S/C20H23NO5/c1-24-17-9-5-6-10-18(17)25-14-12-20(23)26-15-19(22)21-13-11-16-7-3-2-4-8-16/h2-10H,11-15H2,1H3,(H,21,22). The molecular formula is C20H23NO5. The fourth-order valence-corrected chi connectivity index (χ4v) is 2.24. The molecule has 0 aliphatic heterocycles. The third-order valence-corrected chi connectivity index (χ3v) is 3.58. The number of benzene rings is 2. The SMILES string of the molecule is COc1ccccc1OCCC(=O)OCC(=O)NCCc1ccccc1. The minimum Gasteiger partial charge on any atom is -0.493 e. The van der Waals surface area contributed by atoms with Crippen LogP contribution in [0.15, 0.2) is 54.6 Å². The largest absolute Gasteiger partial charge is 0.493 e. The number of ether oxygens (including phenoxy) is 3. The van der Waals surface area contributed by atoms with Gasteiger partial charge >= 0.3 is 5.97 Å². The first-order valence-electron chi connectivity index (χ1n) is 8.41. The predicted molar refractivity (Wildman–Crippen MR) is 97.2 cm³/mol. The summed E-state index contributed by atoms with van der Waals surface area (Å²) < 4.78 is 15.6. The van der Waals surface area contributed by atoms with Gasteiger partial charge in [0.25, 0.3) is 5.91 Å². The molecule has 2 rings (SSSR count). The van der Waals surface area contributed by atoms with E-state index in [9.17, 15) is 9.59 Å². The van der Waals surface area contributed by atoms with Crippen molar-refractivity contribution in [3.05, 3.63) is 60.2 Å². The van der Waals surface area contributed by atoms with Crippen LogP contribution in [0, 0.1) is 0 Å². The van der Waals surface area contributed by atoms with Gasteiger partial charge in [-0.3, -0.25) is 9.59 Å². The molecule has 0 bridgehead atoms. The highest BCUT2D eigenvalue weighted by molar-refractivity contribution is 5.80. The van der Waals surface area contributed by atoms with Crippen LogP contribution >= 0.6 is 0 Å². The molecule has 6 heteroatoms. The maximum absolute atomic E-state index is 11.7. The van der Waals surface area contributed by atoms with Crippen LogP contribution in [-0.2, 0) is 20.7 Å². The first kappa shape index (κ1) is 19.3. The highest BCUT2D eigenvalue weighted by Crippen LogP contribution is 2.25. The molecule has 0 atom stereocenters. The van der Waals surface area contributed by atoms with Gasteiger partial charge in [-0.05, 0) is 24.1 Å². The summed E-state index contributed by atoms with van der Waals surface area (Å²) >= 11 is 0. The lowest BCUT2D eigenvalue weighted by molar-refractivity contribution is -0.149. The van der Waals surface area contributed by atoms with Crippen molar-refractivity contribution >= 4 is 11.9 Å². The summed E-state index contributed by atoms with van der Waals surface area (Å²) in [5.74, 6) is 0.346. The lowest BCUT2D eigenvalue weighted by Crippen LogP contribution is -2.30. The molecule has 0 spiro atoms. The Labute approximate surface area is 153 Å². The van der Waals surface area contributed by atoms with Gasteiger partial charge in [0.05, 0.1) is 20.1 Å². The highest BCUT2D eigenvalue weighted by atomic mass is 16.5. The Morgan fingerprint density at radius 2 is 1.65 bits per heavy atom. The van der Waals surface area contributed by atoms with Gasteiger partial charge in [0, 0.05) is 6.54 Å². The van der Waals surface area contributed by atoms with Gasteiger partial charge in [0.2, 0.25) is 0 Å². The zero-order valence-electron chi connectivity index (χ0n) is 14.8. The van der Waals surface area contributed by atoms with Crippen LogP contribution in [0.1, 0.15) is 12.0 Å². The lowest BCUT2D eigenvalue weighted by atomic mass is 10.1. The molecule has 0 fully saturated rings. The molecule has 0 saturated heterocycles. The zero-order valence-corrected chi connectivity index (χ0v) is 14.8. The Morgan fingerprint density at radius 3 is 2.38 bits per heavy atom. The van der Waals surface area contributed by atoms with Crippen LogP contribution < -0.4 is 14.8 Å². The molecule has 6 nitrogen and oxygen atoms in total. The third kappa shape index (κ3) is 6.84. The van der Waals surface area contributed by atoms with Gasteiger partial charge in [-0.2, -0.15) is 0 Å². The van der Waals surface area contributed by atoms with Crippen molar-refractivity contribution < 1.29 is 23.8 Å². The molecule has 26 heavy (non-hydrogen) atoms. The number of rotatable bonds is 10. The van der Waals surface area contributed by atoms with Gasteiger partial charge in [0.1, 0.15) is 0 Å². The molecule has 1 N–H and O–H groups in total. The van der Waals surface area contributed by atoms with Crippen molar-refractivity contribution in [3.8, 4) is 11.5 Å². The minimum atomic E-state index is -0.488. The lowest BCUT2D eigenvalue weighted by Gasteiger charge is -2.10. The Bertz CT molecular complexity index is 702. The number of para-hydroxylation sites is 2. The van der Waals surface area contributed by atoms with E-state index in [1.54, 1.807) is 19.2 Å². The number of hydrogen-bond acceptors (Lipinski definition) is 5. The number of nitrogens with one attached hydrogen (secondary N) is 1. The van der Waals surface area contributed by atoms with Crippen LogP contribution in [0.4, 0.5) is 0 Å². The van der Waals surface area contributed by atoms with E-state index in [1.165, 1.54) is 0 Å². The van der Waals surface area contributed by atoms with Crippen molar-refractivity contribution in [1.82, 2.24) is 5.32 Å². The van der Waals surface area contributed by atoms with E-state index in [0.29, 0.717) is 18.0 Å². The molecule has 0 unspecified atom stereocenters. The zero-order chi connectivity index (χ0) is 18.6. The molecule has 138 valence electrons. The van der Waals surface area contributed by atoms with Crippen LogP contribution in [0.5, 0.6) is 11.5 Å². The van der Waals surface area contributed by atoms with Gasteiger partial charge < -0.3 is 19.5 Å². The Hall–Kier alpha value is -3.02. The summed E-state index contributed by atoms with van der Waals surface area (Å²) in [7, 11) is 1.55. The number of methoxy groups -OCH3 is 1. The van der Waals surface area contributed by atoms with Gasteiger partial charge in [-0.25, -0.2) is 0 Å². The normalized spacial score (nSPS) is 10.0. The molecule has 0 heterocycles. The maximum atomic E-state index is 11.7. The molecule has 1 amide bonds. The van der Waals surface area contributed by atoms with Crippen molar-refractivity contribution in [2.24, 2.45) is 0 Å². The third-order valence-electron chi connectivity index (χ3n) is 3.58. The fraction of sp³-hybridized carbons (Fsp3) is 0.300. The van der Waals surface area contributed by atoms with Crippen molar-refractivity contribution in [2.45, 2.75) is 12.8 Å². The maximum Gasteiger partial charge on any atom is 0.309 e. The smallest absolute Gasteiger partial charge is 0.309 e. The van der Waals surface area contributed by atoms with E-state index in [-0.39, 0.29) is 25.5 Å². The van der Waals surface area contributed by atoms with Crippen LogP contribution in [0.2, 0.25) is 0 Å². The van der Waals surface area contributed by atoms with E-state index in [1.807, 2.05) is 42.5 Å². The number of amides is 1. The second-order valence-corrected chi connectivity index (χ2v) is 5.50. The van der Waals surface area contributed by atoms with Crippen molar-refractivity contribution in [1.29, 1.82) is 0 Å². The number of hydrogen-bond donors (Lipinski definition) is 1. The molecular weight excluding hydrogens is 334 g/mol. The summed E-state index contributed by atoms with van der Waals surface area (Å²) in [5.41, 5.74) is 1.14. The quantitative estimate of drug-likeness (QED) is 0.661. The number of carbonyl (C=O) groups excluding carboxylic acids is 2. The van der Waals surface area contributed by atoms with Crippen LogP contribution in [0.25, 0.3) is 0 Å². The van der Waals surface area contributed by atoms with E-state index >= 15 is 0 Å². The summed E-state index contributed by atoms with van der Waals surface area (Å²) in [6.07, 6.45) is 0.780. The molecule has 0 aliphatic carbocycles. The van der Waals surface area contributed by atoms with E-state index in [4.69, 9.17) is 14.2 Å². The average molecular weight is 357 g/mol. The highest BCUT2D eigenvalue weighted by Gasteiger charge is 2.09. The molecule has 0 saturated carbocycles. The Morgan fingerprint density at radius 1 is 0.962 bits per heavy atom. The van der Waals surface area contributed by atoms with Crippen LogP contribution in [-0.4, -0.2) is 38.7 Å². The second-order valence-electron chi connectivity index (χ2n) is 5.50. The molecule has 0 radical (unpaired) electrons. The molecule has 0 aromatic heterocycles. The first-order chi connectivity index (χ1) is 12.7. The monoisotopic (exact) mass is 357 g/mol.